The molecule has 6 nitrogen and oxygen atoms in total. The number of nitrogens with one attached hydrogen (secondary N) is 1. The van der Waals surface area contributed by atoms with Gasteiger partial charge in [-0.05, 0) is 36.8 Å². The van der Waals surface area contributed by atoms with Gasteiger partial charge in [-0.1, -0.05) is 11.6 Å². The molecule has 0 radical (unpaired) electrons. The maximum Gasteiger partial charge on any atom is 0.179 e. The lowest BCUT2D eigenvalue weighted by molar-refractivity contribution is 0.167. The second-order valence-electron chi connectivity index (χ2n) is 5.38. The lowest BCUT2D eigenvalue weighted by Crippen LogP contribution is -2.17. The number of anilines is 1. The molecule has 0 bridgehead atoms. The Morgan fingerprint density at radius 2 is 2.17 bits per heavy atom. The Hall–Kier alpha value is -2.49. The van der Waals surface area contributed by atoms with Crippen molar-refractivity contribution in [1.82, 2.24) is 4.98 Å². The molecule has 0 unspecified atom stereocenters. The van der Waals surface area contributed by atoms with E-state index < -0.39 is 6.10 Å². The highest BCUT2D eigenvalue weighted by Gasteiger charge is 2.19. The number of nitrogens with zero attached hydrogens (tertiary/aromatic N) is 2. The molecular weight excluding hydrogens is 330 g/mol. The lowest BCUT2D eigenvalue weighted by atomic mass is 10.1. The third kappa shape index (κ3) is 3.37. The second-order valence-corrected chi connectivity index (χ2v) is 5.79. The SMILES string of the molecule is Cc1ccc(C#N)c(NC[C@@H](O)c2cc(Cl)c3c(c2)OCCO3)n1. The first kappa shape index (κ1) is 16.4. The zero-order chi connectivity index (χ0) is 17.1. The van der Waals surface area contributed by atoms with Gasteiger partial charge in [-0.3, -0.25) is 0 Å². The van der Waals surface area contributed by atoms with Gasteiger partial charge in [0.15, 0.2) is 11.5 Å². The standard InChI is InChI=1S/C17H16ClN3O3/c1-10-2-3-11(8-19)17(21-10)20-9-14(22)12-6-13(18)16-15(7-12)23-4-5-24-16/h2-3,6-7,14,22H,4-5,9H2,1H3,(H,20,21)/t14-/m1/s1. The van der Waals surface area contributed by atoms with E-state index in [0.29, 0.717) is 46.7 Å². The third-order valence-electron chi connectivity index (χ3n) is 3.62. The summed E-state index contributed by atoms with van der Waals surface area (Å²) < 4.78 is 11.0. The van der Waals surface area contributed by atoms with Crippen molar-refractivity contribution in [2.75, 3.05) is 25.1 Å². The molecule has 1 aliphatic rings. The van der Waals surface area contributed by atoms with Crippen LogP contribution in [0.15, 0.2) is 24.3 Å². The quantitative estimate of drug-likeness (QED) is 0.886. The van der Waals surface area contributed by atoms with Crippen molar-refractivity contribution < 1.29 is 14.6 Å². The number of hydrogen-bond donors (Lipinski definition) is 2. The van der Waals surface area contributed by atoms with Crippen molar-refractivity contribution in [2.24, 2.45) is 0 Å². The number of ether oxygens (including phenoxy) is 2. The van der Waals surface area contributed by atoms with Crippen LogP contribution in [0.3, 0.4) is 0 Å². The minimum Gasteiger partial charge on any atom is -0.486 e. The largest absolute Gasteiger partial charge is 0.486 e. The van der Waals surface area contributed by atoms with E-state index >= 15 is 0 Å². The van der Waals surface area contributed by atoms with Crippen LogP contribution in [0.25, 0.3) is 0 Å². The smallest absolute Gasteiger partial charge is 0.179 e. The summed E-state index contributed by atoms with van der Waals surface area (Å²) in [5.74, 6) is 1.47. The number of hydrogen-bond acceptors (Lipinski definition) is 6. The van der Waals surface area contributed by atoms with E-state index in [1.165, 1.54) is 0 Å². The molecule has 2 heterocycles. The molecule has 1 atom stereocenters. The molecule has 0 fully saturated rings. The third-order valence-corrected chi connectivity index (χ3v) is 3.90. The van der Waals surface area contributed by atoms with E-state index in [0.717, 1.165) is 5.69 Å². The number of aliphatic hydroxyl groups excluding tert-OH is 1. The Labute approximate surface area is 144 Å². The molecule has 0 saturated heterocycles. The van der Waals surface area contributed by atoms with Gasteiger partial charge in [0, 0.05) is 12.2 Å². The van der Waals surface area contributed by atoms with Crippen LogP contribution in [0, 0.1) is 18.3 Å². The molecule has 0 saturated carbocycles. The van der Waals surface area contributed by atoms with Crippen LogP contribution in [0.5, 0.6) is 11.5 Å². The van der Waals surface area contributed by atoms with Crippen molar-refractivity contribution in [3.05, 3.63) is 46.1 Å². The van der Waals surface area contributed by atoms with Crippen molar-refractivity contribution in [1.29, 1.82) is 5.26 Å². The molecule has 7 heteroatoms. The maximum absolute atomic E-state index is 10.4. The molecule has 24 heavy (non-hydrogen) atoms. The Balaban J connectivity index is 1.76. The zero-order valence-corrected chi connectivity index (χ0v) is 13.8. The summed E-state index contributed by atoms with van der Waals surface area (Å²) in [6.07, 6.45) is -0.841. The predicted octanol–water partition coefficient (Wildman–Crippen LogP) is 2.83. The number of halogens is 1. The summed E-state index contributed by atoms with van der Waals surface area (Å²) in [7, 11) is 0. The summed E-state index contributed by atoms with van der Waals surface area (Å²) >= 11 is 6.19. The molecule has 0 spiro atoms. The van der Waals surface area contributed by atoms with Gasteiger partial charge in [0.25, 0.3) is 0 Å². The van der Waals surface area contributed by atoms with Crippen molar-refractivity contribution >= 4 is 17.4 Å². The first-order valence-electron chi connectivity index (χ1n) is 7.47. The number of rotatable bonds is 4. The highest BCUT2D eigenvalue weighted by Crippen LogP contribution is 2.39. The zero-order valence-electron chi connectivity index (χ0n) is 13.0. The number of nitriles is 1. The summed E-state index contributed by atoms with van der Waals surface area (Å²) in [6, 6.07) is 8.89. The molecule has 1 aliphatic heterocycles. The molecule has 0 aliphatic carbocycles. The number of aromatic nitrogens is 1. The fourth-order valence-corrected chi connectivity index (χ4v) is 2.69. The van der Waals surface area contributed by atoms with Gasteiger partial charge in [0.2, 0.25) is 0 Å². The average Bonchev–Trinajstić information content (AvgIpc) is 2.59. The van der Waals surface area contributed by atoms with Crippen LogP contribution in [0.2, 0.25) is 5.02 Å². The molecule has 124 valence electrons. The average molecular weight is 346 g/mol. The molecule has 1 aromatic carbocycles. The lowest BCUT2D eigenvalue weighted by Gasteiger charge is -2.22. The monoisotopic (exact) mass is 345 g/mol. The number of benzene rings is 1. The Morgan fingerprint density at radius 3 is 2.96 bits per heavy atom. The van der Waals surface area contributed by atoms with E-state index in [9.17, 15) is 5.11 Å². The molecular formula is C17H16ClN3O3. The Bertz CT molecular complexity index is 804. The van der Waals surface area contributed by atoms with Crippen LogP contribution < -0.4 is 14.8 Å². The van der Waals surface area contributed by atoms with E-state index in [2.05, 4.69) is 16.4 Å². The minimum absolute atomic E-state index is 0.182. The number of fused-ring (bicyclic) bond motifs is 1. The van der Waals surface area contributed by atoms with Gasteiger partial charge in [-0.2, -0.15) is 5.26 Å². The van der Waals surface area contributed by atoms with Gasteiger partial charge in [-0.25, -0.2) is 4.98 Å². The summed E-state index contributed by atoms with van der Waals surface area (Å²) in [5.41, 5.74) is 1.81. The Morgan fingerprint density at radius 1 is 1.38 bits per heavy atom. The summed E-state index contributed by atoms with van der Waals surface area (Å²) in [5, 5.41) is 22.9. The van der Waals surface area contributed by atoms with Gasteiger partial charge in [0.1, 0.15) is 25.1 Å². The summed E-state index contributed by atoms with van der Waals surface area (Å²) in [4.78, 5) is 4.28. The topological polar surface area (TPSA) is 87.4 Å². The summed E-state index contributed by atoms with van der Waals surface area (Å²) in [6.45, 7) is 2.91. The van der Waals surface area contributed by atoms with Crippen molar-refractivity contribution in [2.45, 2.75) is 13.0 Å². The van der Waals surface area contributed by atoms with Gasteiger partial charge >= 0.3 is 0 Å². The van der Waals surface area contributed by atoms with Crippen LogP contribution in [0.4, 0.5) is 5.82 Å². The van der Waals surface area contributed by atoms with Crippen molar-refractivity contribution in [3.63, 3.8) is 0 Å². The highest BCUT2D eigenvalue weighted by atomic mass is 35.5. The molecule has 3 rings (SSSR count). The highest BCUT2D eigenvalue weighted by molar-refractivity contribution is 6.32. The van der Waals surface area contributed by atoms with Gasteiger partial charge < -0.3 is 19.9 Å². The van der Waals surface area contributed by atoms with Crippen LogP contribution in [0.1, 0.15) is 22.9 Å². The number of aliphatic hydroxyl groups is 1. The molecule has 0 amide bonds. The van der Waals surface area contributed by atoms with E-state index in [-0.39, 0.29) is 6.54 Å². The van der Waals surface area contributed by atoms with Crippen LogP contribution >= 0.6 is 11.6 Å². The van der Waals surface area contributed by atoms with E-state index in [1.54, 1.807) is 24.3 Å². The predicted molar refractivity (Wildman–Crippen MR) is 89.6 cm³/mol. The fourth-order valence-electron chi connectivity index (χ4n) is 2.42. The molecule has 2 aromatic rings. The van der Waals surface area contributed by atoms with Gasteiger partial charge in [-0.15, -0.1) is 0 Å². The number of aryl methyl sites for hydroxylation is 1. The van der Waals surface area contributed by atoms with Crippen LogP contribution in [-0.2, 0) is 0 Å². The normalized spacial score (nSPS) is 13.9. The Kier molecular flexibility index (Phi) is 4.74. The minimum atomic E-state index is -0.841. The fraction of sp³-hybridized carbons (Fsp3) is 0.294. The first-order valence-corrected chi connectivity index (χ1v) is 7.85. The van der Waals surface area contributed by atoms with Gasteiger partial charge in [0.05, 0.1) is 16.7 Å². The van der Waals surface area contributed by atoms with Crippen molar-refractivity contribution in [3.8, 4) is 17.6 Å². The van der Waals surface area contributed by atoms with E-state index in [1.807, 2.05) is 6.92 Å². The second kappa shape index (κ2) is 6.95. The molecule has 2 N–H and O–H groups in total. The number of pyridine rings is 1. The molecule has 1 aromatic heterocycles. The maximum atomic E-state index is 10.4. The van der Waals surface area contributed by atoms with E-state index in [4.69, 9.17) is 26.3 Å². The first-order chi connectivity index (χ1) is 11.6. The van der Waals surface area contributed by atoms with Crippen LogP contribution in [-0.4, -0.2) is 29.8 Å².